The van der Waals surface area contributed by atoms with Gasteiger partial charge in [0, 0.05) is 11.9 Å². The Hall–Kier alpha value is -2.62. The van der Waals surface area contributed by atoms with E-state index in [-0.39, 0.29) is 5.91 Å². The summed E-state index contributed by atoms with van der Waals surface area (Å²) in [6.07, 6.45) is 1.71. The van der Waals surface area contributed by atoms with Crippen molar-refractivity contribution in [1.82, 2.24) is 9.97 Å². The van der Waals surface area contributed by atoms with E-state index in [0.29, 0.717) is 5.69 Å². The van der Waals surface area contributed by atoms with E-state index in [1.807, 2.05) is 44.2 Å². The summed E-state index contributed by atoms with van der Waals surface area (Å²) in [5.74, 6) is -0.161. The monoisotopic (exact) mass is 265 g/mol. The molecule has 0 atom stereocenters. The smallest absolute Gasteiger partial charge is 0.272 e. The summed E-state index contributed by atoms with van der Waals surface area (Å²) in [7, 11) is 0. The van der Waals surface area contributed by atoms with Gasteiger partial charge in [-0.15, -0.1) is 0 Å². The molecule has 2 aromatic heterocycles. The molecule has 2 heterocycles. The van der Waals surface area contributed by atoms with Crippen molar-refractivity contribution >= 4 is 22.6 Å². The van der Waals surface area contributed by atoms with E-state index in [4.69, 9.17) is 0 Å². The van der Waals surface area contributed by atoms with Crippen molar-refractivity contribution in [3.05, 3.63) is 59.4 Å². The van der Waals surface area contributed by atoms with Gasteiger partial charge in [0.15, 0.2) is 0 Å². The number of anilines is 1. The van der Waals surface area contributed by atoms with Crippen LogP contribution in [0.25, 0.3) is 11.0 Å². The first-order valence-electron chi connectivity index (χ1n) is 6.46. The van der Waals surface area contributed by atoms with Gasteiger partial charge >= 0.3 is 0 Å². The average molecular weight is 265 g/mol. The Kier molecular flexibility index (Phi) is 2.99. The Morgan fingerprint density at radius 3 is 2.75 bits per heavy atom. The fourth-order valence-electron chi connectivity index (χ4n) is 2.10. The van der Waals surface area contributed by atoms with Crippen molar-refractivity contribution in [2.75, 3.05) is 5.32 Å². The molecule has 0 aliphatic heterocycles. The molecule has 0 aliphatic rings. The molecule has 20 heavy (non-hydrogen) atoms. The van der Waals surface area contributed by atoms with Gasteiger partial charge in [0.05, 0.1) is 11.0 Å². The molecule has 4 heteroatoms. The van der Waals surface area contributed by atoms with Crippen LogP contribution in [0.3, 0.4) is 0 Å². The SMILES string of the molecule is Cc1ccc(NC(=O)c2cc3ncccc3[nH]2)cc1C. The highest BCUT2D eigenvalue weighted by Gasteiger charge is 2.10. The van der Waals surface area contributed by atoms with E-state index in [0.717, 1.165) is 22.3 Å². The molecule has 0 radical (unpaired) electrons. The van der Waals surface area contributed by atoms with Gasteiger partial charge in [-0.1, -0.05) is 6.07 Å². The highest BCUT2D eigenvalue weighted by atomic mass is 16.1. The normalized spacial score (nSPS) is 10.7. The van der Waals surface area contributed by atoms with E-state index in [1.165, 1.54) is 5.56 Å². The lowest BCUT2D eigenvalue weighted by Gasteiger charge is -2.06. The quantitative estimate of drug-likeness (QED) is 0.745. The average Bonchev–Trinajstić information content (AvgIpc) is 2.87. The summed E-state index contributed by atoms with van der Waals surface area (Å²) in [6.45, 7) is 4.07. The molecule has 1 amide bonds. The molecule has 0 spiro atoms. The first-order valence-corrected chi connectivity index (χ1v) is 6.46. The number of amides is 1. The van der Waals surface area contributed by atoms with Crippen molar-refractivity contribution in [3.63, 3.8) is 0 Å². The molecule has 100 valence electrons. The number of rotatable bonds is 2. The Morgan fingerprint density at radius 2 is 2.00 bits per heavy atom. The third kappa shape index (κ3) is 2.28. The first kappa shape index (κ1) is 12.4. The van der Waals surface area contributed by atoms with Crippen molar-refractivity contribution in [2.24, 2.45) is 0 Å². The molecule has 3 rings (SSSR count). The maximum absolute atomic E-state index is 12.2. The summed E-state index contributed by atoms with van der Waals surface area (Å²) in [5.41, 5.74) is 5.32. The Balaban J connectivity index is 1.86. The van der Waals surface area contributed by atoms with Crippen LogP contribution in [-0.2, 0) is 0 Å². The van der Waals surface area contributed by atoms with Gasteiger partial charge < -0.3 is 10.3 Å². The number of pyridine rings is 1. The summed E-state index contributed by atoms with van der Waals surface area (Å²) in [4.78, 5) is 19.5. The van der Waals surface area contributed by atoms with Crippen molar-refractivity contribution in [3.8, 4) is 0 Å². The number of aromatic nitrogens is 2. The molecule has 1 aromatic carbocycles. The van der Waals surface area contributed by atoms with Crippen LogP contribution in [-0.4, -0.2) is 15.9 Å². The lowest BCUT2D eigenvalue weighted by Crippen LogP contribution is -2.12. The molecule has 0 fully saturated rings. The second-order valence-electron chi connectivity index (χ2n) is 4.87. The zero-order valence-corrected chi connectivity index (χ0v) is 11.4. The first-order chi connectivity index (χ1) is 9.63. The van der Waals surface area contributed by atoms with E-state index < -0.39 is 0 Å². The molecule has 4 nitrogen and oxygen atoms in total. The van der Waals surface area contributed by atoms with Crippen LogP contribution >= 0.6 is 0 Å². The fourth-order valence-corrected chi connectivity index (χ4v) is 2.10. The van der Waals surface area contributed by atoms with Crippen LogP contribution < -0.4 is 5.32 Å². The van der Waals surface area contributed by atoms with E-state index in [9.17, 15) is 4.79 Å². The lowest BCUT2D eigenvalue weighted by atomic mass is 10.1. The minimum absolute atomic E-state index is 0.161. The third-order valence-corrected chi connectivity index (χ3v) is 3.40. The Bertz CT molecular complexity index is 756. The van der Waals surface area contributed by atoms with E-state index >= 15 is 0 Å². The molecule has 0 saturated carbocycles. The maximum atomic E-state index is 12.2. The zero-order chi connectivity index (χ0) is 14.1. The van der Waals surface area contributed by atoms with Crippen LogP contribution in [0, 0.1) is 13.8 Å². The number of carbonyl (C=O) groups is 1. The second kappa shape index (κ2) is 4.81. The molecule has 2 N–H and O–H groups in total. The number of hydrogen-bond acceptors (Lipinski definition) is 2. The van der Waals surface area contributed by atoms with Crippen LogP contribution in [0.2, 0.25) is 0 Å². The Labute approximate surface area is 116 Å². The number of H-pyrrole nitrogens is 1. The van der Waals surface area contributed by atoms with Gasteiger partial charge in [-0.25, -0.2) is 0 Å². The summed E-state index contributed by atoms with van der Waals surface area (Å²) in [5, 5.41) is 2.89. The highest BCUT2D eigenvalue weighted by molar-refractivity contribution is 6.05. The van der Waals surface area contributed by atoms with Gasteiger partial charge in [0.25, 0.3) is 5.91 Å². The topological polar surface area (TPSA) is 57.8 Å². The minimum Gasteiger partial charge on any atom is -0.349 e. The number of fused-ring (bicyclic) bond motifs is 1. The Morgan fingerprint density at radius 1 is 1.15 bits per heavy atom. The second-order valence-corrected chi connectivity index (χ2v) is 4.87. The molecular weight excluding hydrogens is 250 g/mol. The van der Waals surface area contributed by atoms with Crippen LogP contribution in [0.4, 0.5) is 5.69 Å². The number of nitrogens with one attached hydrogen (secondary N) is 2. The van der Waals surface area contributed by atoms with E-state index in [2.05, 4.69) is 15.3 Å². The molecule has 0 saturated heterocycles. The van der Waals surface area contributed by atoms with Crippen LogP contribution in [0.5, 0.6) is 0 Å². The van der Waals surface area contributed by atoms with Crippen LogP contribution in [0.1, 0.15) is 21.6 Å². The predicted molar refractivity (Wildman–Crippen MR) is 80.0 cm³/mol. The predicted octanol–water partition coefficient (Wildman–Crippen LogP) is 3.43. The summed E-state index contributed by atoms with van der Waals surface area (Å²) in [6, 6.07) is 11.4. The number of aryl methyl sites for hydroxylation is 2. The third-order valence-electron chi connectivity index (χ3n) is 3.40. The minimum atomic E-state index is -0.161. The van der Waals surface area contributed by atoms with Gasteiger partial charge in [0.2, 0.25) is 0 Å². The molecule has 3 aromatic rings. The van der Waals surface area contributed by atoms with Gasteiger partial charge in [-0.05, 0) is 55.3 Å². The number of aromatic amines is 1. The molecule has 0 aliphatic carbocycles. The van der Waals surface area contributed by atoms with E-state index in [1.54, 1.807) is 12.3 Å². The molecule has 0 bridgehead atoms. The van der Waals surface area contributed by atoms with Gasteiger partial charge in [-0.3, -0.25) is 9.78 Å². The van der Waals surface area contributed by atoms with Crippen LogP contribution in [0.15, 0.2) is 42.6 Å². The van der Waals surface area contributed by atoms with Crippen molar-refractivity contribution in [2.45, 2.75) is 13.8 Å². The largest absolute Gasteiger partial charge is 0.349 e. The summed E-state index contributed by atoms with van der Waals surface area (Å²) >= 11 is 0. The number of nitrogens with zero attached hydrogens (tertiary/aromatic N) is 1. The summed E-state index contributed by atoms with van der Waals surface area (Å²) < 4.78 is 0. The molecular formula is C16H15N3O. The number of benzene rings is 1. The maximum Gasteiger partial charge on any atom is 0.272 e. The van der Waals surface area contributed by atoms with Crippen molar-refractivity contribution in [1.29, 1.82) is 0 Å². The zero-order valence-electron chi connectivity index (χ0n) is 11.4. The molecule has 0 unspecified atom stereocenters. The standard InChI is InChI=1S/C16H15N3O/c1-10-5-6-12(8-11(10)2)18-16(20)15-9-14-13(19-15)4-3-7-17-14/h3-9,19H,1-2H3,(H,18,20). The number of carbonyl (C=O) groups excluding carboxylic acids is 1. The highest BCUT2D eigenvalue weighted by Crippen LogP contribution is 2.17. The fraction of sp³-hybridized carbons (Fsp3) is 0.125. The number of hydrogen-bond donors (Lipinski definition) is 2. The van der Waals surface area contributed by atoms with Gasteiger partial charge in [-0.2, -0.15) is 0 Å². The lowest BCUT2D eigenvalue weighted by molar-refractivity contribution is 0.102. The van der Waals surface area contributed by atoms with Crippen molar-refractivity contribution < 1.29 is 4.79 Å². The van der Waals surface area contributed by atoms with Gasteiger partial charge in [0.1, 0.15) is 5.69 Å².